The van der Waals surface area contributed by atoms with Crippen LogP contribution in [0.2, 0.25) is 0 Å². The predicted octanol–water partition coefficient (Wildman–Crippen LogP) is 0.122. The van der Waals surface area contributed by atoms with Crippen molar-refractivity contribution in [1.29, 1.82) is 0 Å². The third kappa shape index (κ3) is 9.39. The van der Waals surface area contributed by atoms with E-state index >= 15 is 0 Å². The van der Waals surface area contributed by atoms with Crippen molar-refractivity contribution in [2.75, 3.05) is 0 Å². The van der Waals surface area contributed by atoms with E-state index in [0.29, 0.717) is 0 Å². The first-order chi connectivity index (χ1) is 3.13. The number of nitrogens with one attached hydrogen (secondary N) is 1. The molecule has 1 unspecified atom stereocenters. The quantitative estimate of drug-likeness (QED) is 0.285. The Hall–Kier alpha value is 0.0300. The number of rotatable bonds is 1. The number of thiocarbonyl (C=S) groups is 1. The van der Waals surface area contributed by atoms with Crippen LogP contribution in [0.1, 0.15) is 6.92 Å². The van der Waals surface area contributed by atoms with Gasteiger partial charge in [-0.15, -0.1) is 0 Å². The summed E-state index contributed by atoms with van der Waals surface area (Å²) < 4.78 is 0.204. The maximum absolute atomic E-state index is 8.46. The second-order valence-electron chi connectivity index (χ2n) is 1.11. The molecule has 3 nitrogen and oxygen atoms in total. The first-order valence-corrected chi connectivity index (χ1v) is 2.60. The second-order valence-corrected chi connectivity index (χ2v) is 2.18. The molecule has 0 radical (unpaired) electrons. The van der Waals surface area contributed by atoms with Crippen LogP contribution in [-0.4, -0.2) is 15.7 Å². The van der Waals surface area contributed by atoms with Crippen LogP contribution in [0.15, 0.2) is 0 Å². The third-order valence-corrected chi connectivity index (χ3v) is 0.562. The minimum Gasteiger partial charge on any atom is -0.412 e. The molecule has 0 rings (SSSR count). The summed E-state index contributed by atoms with van der Waals surface area (Å²) in [5.74, 6) is 0. The van der Waals surface area contributed by atoms with Crippen molar-refractivity contribution in [3.8, 4) is 0 Å². The van der Waals surface area contributed by atoms with Gasteiger partial charge in [-0.1, -0.05) is 4.32 Å². The fourth-order valence-electron chi connectivity index (χ4n) is 0.171. The first-order valence-electron chi connectivity index (χ1n) is 1.78. The molecule has 0 saturated carbocycles. The Labute approximate surface area is 59.5 Å². The first kappa shape index (κ1) is 10.9. The molecule has 0 aliphatic carbocycles. The van der Waals surface area contributed by atoms with Gasteiger partial charge in [0.1, 0.15) is 6.23 Å². The van der Waals surface area contributed by atoms with E-state index < -0.39 is 6.23 Å². The maximum atomic E-state index is 8.46. The molecule has 0 amide bonds. The van der Waals surface area contributed by atoms with Gasteiger partial charge in [-0.05, 0) is 6.92 Å². The van der Waals surface area contributed by atoms with Gasteiger partial charge >= 0.3 is 0 Å². The zero-order valence-electron chi connectivity index (χ0n) is 4.84. The number of quaternary nitrogens is 1. The van der Waals surface area contributed by atoms with Crippen LogP contribution >= 0.6 is 12.2 Å². The van der Waals surface area contributed by atoms with Gasteiger partial charge in [0.25, 0.3) is 0 Å². The summed E-state index contributed by atoms with van der Waals surface area (Å²) in [6.45, 7) is 1.55. The average Bonchev–Trinajstić information content (AvgIpc) is 1.27. The smallest absolute Gasteiger partial charge is 0.120 e. The van der Waals surface area contributed by atoms with Crippen LogP contribution in [0.5, 0.6) is 0 Å². The van der Waals surface area contributed by atoms with Crippen LogP contribution in [0, 0.1) is 0 Å². The predicted molar refractivity (Wildman–Crippen MR) is 40.8 cm³/mol. The van der Waals surface area contributed by atoms with Gasteiger partial charge in [0.2, 0.25) is 0 Å². The summed E-state index contributed by atoms with van der Waals surface area (Å²) in [5, 5.41) is 10.9. The SMILES string of the molecule is CC(O)NC(=S)[S-].[NH4+]. The van der Waals surface area contributed by atoms with Gasteiger partial charge in [0.05, 0.1) is 0 Å². The summed E-state index contributed by atoms with van der Waals surface area (Å²) in [5.41, 5.74) is 0. The van der Waals surface area contributed by atoms with Crippen molar-refractivity contribution < 1.29 is 5.11 Å². The molecule has 0 aliphatic heterocycles. The monoisotopic (exact) mass is 154 g/mol. The third-order valence-electron chi connectivity index (χ3n) is 0.327. The molecule has 0 aromatic heterocycles. The number of aliphatic hydroxyl groups excluding tert-OH is 1. The molecular formula is C3H10N2OS2. The molecule has 0 heterocycles. The molecule has 6 N–H and O–H groups in total. The van der Waals surface area contributed by atoms with E-state index in [-0.39, 0.29) is 10.5 Å². The van der Waals surface area contributed by atoms with Gasteiger partial charge in [-0.25, -0.2) is 0 Å². The minimum absolute atomic E-state index is 0. The van der Waals surface area contributed by atoms with Gasteiger partial charge in [0.15, 0.2) is 0 Å². The molecule has 0 aromatic carbocycles. The fourth-order valence-corrected chi connectivity index (χ4v) is 0.512. The Balaban J connectivity index is 0. The maximum Gasteiger partial charge on any atom is 0.120 e. The molecule has 0 aliphatic rings. The van der Waals surface area contributed by atoms with E-state index in [1.165, 1.54) is 0 Å². The Morgan fingerprint density at radius 3 is 2.25 bits per heavy atom. The molecule has 8 heavy (non-hydrogen) atoms. The molecule has 0 aromatic rings. The van der Waals surface area contributed by atoms with Crippen LogP contribution in [0.3, 0.4) is 0 Å². The van der Waals surface area contributed by atoms with Crippen molar-refractivity contribution in [1.82, 2.24) is 11.5 Å². The number of hydrogen-bond donors (Lipinski definition) is 3. The lowest BCUT2D eigenvalue weighted by Crippen LogP contribution is -2.28. The Morgan fingerprint density at radius 1 is 1.88 bits per heavy atom. The molecule has 0 saturated heterocycles. The number of hydrogen-bond acceptors (Lipinski definition) is 3. The largest absolute Gasteiger partial charge is 0.412 e. The zero-order chi connectivity index (χ0) is 5.86. The molecule has 1 atom stereocenters. The molecule has 0 spiro atoms. The Kier molecular flexibility index (Phi) is 7.06. The standard InChI is InChI=1S/C3H7NOS2.H3N/c1-2(5)4-3(6)7;/h2,5H,1H3,(H2,4,6,7);1H3. The van der Waals surface area contributed by atoms with Gasteiger partial charge in [0, 0.05) is 0 Å². The highest BCUT2D eigenvalue weighted by molar-refractivity contribution is 8.00. The van der Waals surface area contributed by atoms with E-state index in [0.717, 1.165) is 0 Å². The number of aliphatic hydroxyl groups is 1. The summed E-state index contributed by atoms with van der Waals surface area (Å²) in [6.07, 6.45) is -0.620. The van der Waals surface area contributed by atoms with Crippen LogP contribution in [0.25, 0.3) is 0 Å². The average molecular weight is 154 g/mol. The molecule has 50 valence electrons. The van der Waals surface area contributed by atoms with Crippen LogP contribution in [-0.2, 0) is 12.6 Å². The topological polar surface area (TPSA) is 68.8 Å². The van der Waals surface area contributed by atoms with E-state index in [4.69, 9.17) is 5.11 Å². The fraction of sp³-hybridized carbons (Fsp3) is 0.667. The van der Waals surface area contributed by atoms with Crippen LogP contribution < -0.4 is 11.5 Å². The highest BCUT2D eigenvalue weighted by atomic mass is 32.1. The summed E-state index contributed by atoms with van der Waals surface area (Å²) >= 11 is 8.83. The minimum atomic E-state index is -0.620. The molecular weight excluding hydrogens is 144 g/mol. The van der Waals surface area contributed by atoms with Crippen molar-refractivity contribution in [2.45, 2.75) is 13.2 Å². The van der Waals surface area contributed by atoms with E-state index in [1.54, 1.807) is 6.92 Å². The van der Waals surface area contributed by atoms with Crippen molar-refractivity contribution in [3.05, 3.63) is 0 Å². The normalized spacial score (nSPS) is 11.2. The van der Waals surface area contributed by atoms with Crippen LogP contribution in [0.4, 0.5) is 0 Å². The highest BCUT2D eigenvalue weighted by Gasteiger charge is 1.83. The summed E-state index contributed by atoms with van der Waals surface area (Å²) in [4.78, 5) is 0. The highest BCUT2D eigenvalue weighted by Crippen LogP contribution is 1.70. The summed E-state index contributed by atoms with van der Waals surface area (Å²) in [7, 11) is 0. The van der Waals surface area contributed by atoms with Crippen molar-refractivity contribution >= 4 is 29.2 Å². The molecule has 0 fully saturated rings. The molecule has 0 bridgehead atoms. The Morgan fingerprint density at radius 2 is 2.25 bits per heavy atom. The lowest BCUT2D eigenvalue weighted by Gasteiger charge is -2.10. The van der Waals surface area contributed by atoms with E-state index in [2.05, 4.69) is 30.2 Å². The molecule has 5 heteroatoms. The zero-order valence-corrected chi connectivity index (χ0v) is 6.47. The van der Waals surface area contributed by atoms with Crippen molar-refractivity contribution in [2.24, 2.45) is 0 Å². The van der Waals surface area contributed by atoms with Gasteiger partial charge in [-0.2, -0.15) is 0 Å². The second kappa shape index (κ2) is 5.17. The lowest BCUT2D eigenvalue weighted by atomic mass is 10.7. The van der Waals surface area contributed by atoms with E-state index in [9.17, 15) is 0 Å². The van der Waals surface area contributed by atoms with Crippen molar-refractivity contribution in [3.63, 3.8) is 0 Å². The lowest BCUT2D eigenvalue weighted by molar-refractivity contribution is 0.182. The Bertz CT molecular complexity index is 75.7. The van der Waals surface area contributed by atoms with Gasteiger partial charge in [-0.3, -0.25) is 0 Å². The van der Waals surface area contributed by atoms with Gasteiger partial charge < -0.3 is 41.4 Å². The van der Waals surface area contributed by atoms with E-state index in [1.807, 2.05) is 0 Å². The summed E-state index contributed by atoms with van der Waals surface area (Å²) in [6, 6.07) is 0.